The summed E-state index contributed by atoms with van der Waals surface area (Å²) in [6, 6.07) is 31.9. The third-order valence-corrected chi connectivity index (χ3v) is 6.99. The average molecular weight is 453 g/mol. The third-order valence-electron chi connectivity index (χ3n) is 6.99. The molecule has 0 aromatic heterocycles. The Morgan fingerprint density at radius 2 is 1.31 bits per heavy atom. The normalized spacial score (nSPS) is 14.3. The molecule has 3 heterocycles. The van der Waals surface area contributed by atoms with Gasteiger partial charge < -0.3 is 14.2 Å². The van der Waals surface area contributed by atoms with Gasteiger partial charge >= 0.3 is 6.09 Å². The summed E-state index contributed by atoms with van der Waals surface area (Å²) >= 11 is 0. The van der Waals surface area contributed by atoms with Crippen molar-refractivity contribution >= 4 is 51.3 Å². The highest BCUT2D eigenvalue weighted by Crippen LogP contribution is 2.49. The van der Waals surface area contributed by atoms with Gasteiger partial charge in [0.15, 0.2) is 23.0 Å². The summed E-state index contributed by atoms with van der Waals surface area (Å²) in [6.07, 6.45) is -0.428. The van der Waals surface area contributed by atoms with Crippen molar-refractivity contribution in [2.75, 3.05) is 4.90 Å². The van der Waals surface area contributed by atoms with Crippen molar-refractivity contribution in [1.82, 2.24) is 0 Å². The van der Waals surface area contributed by atoms with E-state index in [-0.39, 0.29) is 6.71 Å². The fourth-order valence-corrected chi connectivity index (χ4v) is 5.53. The Morgan fingerprint density at radius 3 is 2.11 bits per heavy atom. The van der Waals surface area contributed by atoms with Gasteiger partial charge in [-0.2, -0.15) is 0 Å². The highest BCUT2D eigenvalue weighted by molar-refractivity contribution is 6.98. The maximum Gasteiger partial charge on any atom is 0.424 e. The molecule has 164 valence electrons. The topological polar surface area (TPSA) is 48.0 Å². The first-order chi connectivity index (χ1) is 17.3. The van der Waals surface area contributed by atoms with Crippen molar-refractivity contribution in [3.63, 3.8) is 0 Å². The monoisotopic (exact) mass is 453 g/mol. The van der Waals surface area contributed by atoms with Crippen LogP contribution in [0.4, 0.5) is 16.2 Å². The van der Waals surface area contributed by atoms with Crippen LogP contribution in [-0.2, 0) is 0 Å². The number of benzene rings is 5. The zero-order valence-electron chi connectivity index (χ0n) is 18.4. The summed E-state index contributed by atoms with van der Waals surface area (Å²) in [5.74, 6) is 3.09. The number of rotatable bonds is 1. The lowest BCUT2D eigenvalue weighted by atomic mass is 9.35. The molecule has 5 aromatic carbocycles. The van der Waals surface area contributed by atoms with Gasteiger partial charge in [0.1, 0.15) is 5.75 Å². The second-order valence-electron chi connectivity index (χ2n) is 8.91. The Morgan fingerprint density at radius 1 is 0.600 bits per heavy atom. The van der Waals surface area contributed by atoms with Gasteiger partial charge in [-0.1, -0.05) is 72.2 Å². The summed E-state index contributed by atoms with van der Waals surface area (Å²) in [7, 11) is 0. The van der Waals surface area contributed by atoms with Gasteiger partial charge in [0, 0.05) is 11.5 Å². The number of ether oxygens (including phenoxy) is 3. The SMILES string of the molecule is O=C1Oc2cccc3ccc4c(c23)N1c1cc2c(cc1B4c1ccccc1)Oc1ccccc1O2. The lowest BCUT2D eigenvalue weighted by molar-refractivity contribution is 0.210. The summed E-state index contributed by atoms with van der Waals surface area (Å²) in [4.78, 5) is 15.1. The number of carbonyl (C=O) groups is 1. The Bertz CT molecular complexity index is 1720. The van der Waals surface area contributed by atoms with Crippen LogP contribution in [0.5, 0.6) is 28.7 Å². The number of nitrogens with zero attached hydrogens (tertiary/aromatic N) is 1. The molecule has 3 aliphatic heterocycles. The number of hydrogen-bond acceptors (Lipinski definition) is 4. The molecule has 0 N–H and O–H groups in total. The summed E-state index contributed by atoms with van der Waals surface area (Å²) in [5, 5.41) is 1.97. The molecule has 3 aliphatic rings. The molecule has 0 saturated heterocycles. The first-order valence-corrected chi connectivity index (χ1v) is 11.5. The minimum Gasteiger partial charge on any atom is -0.450 e. The fraction of sp³-hybridized carbons (Fsp3) is 0. The van der Waals surface area contributed by atoms with Crippen molar-refractivity contribution in [3.05, 3.63) is 97.1 Å². The van der Waals surface area contributed by atoms with Gasteiger partial charge in [0.25, 0.3) is 0 Å². The molecule has 0 bridgehead atoms. The van der Waals surface area contributed by atoms with Crippen molar-refractivity contribution in [2.24, 2.45) is 0 Å². The Hall–Kier alpha value is -4.71. The number of amides is 1. The van der Waals surface area contributed by atoms with E-state index in [1.807, 2.05) is 72.8 Å². The van der Waals surface area contributed by atoms with Crippen LogP contribution in [0.25, 0.3) is 10.8 Å². The van der Waals surface area contributed by atoms with Gasteiger partial charge in [-0.05, 0) is 40.6 Å². The molecule has 6 heteroatoms. The summed E-state index contributed by atoms with van der Waals surface area (Å²) < 4.78 is 18.2. The van der Waals surface area contributed by atoms with Crippen LogP contribution in [0.3, 0.4) is 0 Å². The van der Waals surface area contributed by atoms with E-state index in [0.29, 0.717) is 28.7 Å². The maximum atomic E-state index is 13.4. The van der Waals surface area contributed by atoms with Crippen molar-refractivity contribution in [2.45, 2.75) is 0 Å². The predicted molar refractivity (Wildman–Crippen MR) is 136 cm³/mol. The predicted octanol–water partition coefficient (Wildman–Crippen LogP) is 5.22. The molecule has 0 radical (unpaired) electrons. The van der Waals surface area contributed by atoms with Crippen molar-refractivity contribution in [1.29, 1.82) is 0 Å². The molecule has 5 aromatic rings. The van der Waals surface area contributed by atoms with Gasteiger partial charge in [-0.15, -0.1) is 0 Å². The van der Waals surface area contributed by atoms with E-state index >= 15 is 0 Å². The number of carbonyl (C=O) groups excluding carboxylic acids is 1. The first kappa shape index (κ1) is 18.7. The van der Waals surface area contributed by atoms with Crippen LogP contribution in [-0.4, -0.2) is 12.8 Å². The van der Waals surface area contributed by atoms with E-state index in [0.717, 1.165) is 38.5 Å². The average Bonchev–Trinajstić information content (AvgIpc) is 2.89. The molecule has 0 atom stereocenters. The van der Waals surface area contributed by atoms with Crippen LogP contribution in [0, 0.1) is 0 Å². The number of anilines is 2. The van der Waals surface area contributed by atoms with E-state index in [1.54, 1.807) is 4.90 Å². The lowest BCUT2D eigenvalue weighted by Crippen LogP contribution is -2.59. The molecule has 0 unspecified atom stereocenters. The van der Waals surface area contributed by atoms with Gasteiger partial charge in [-0.3, -0.25) is 0 Å². The highest BCUT2D eigenvalue weighted by atomic mass is 16.6. The van der Waals surface area contributed by atoms with Crippen LogP contribution in [0.15, 0.2) is 97.1 Å². The fourth-order valence-electron chi connectivity index (χ4n) is 5.53. The summed E-state index contributed by atoms with van der Waals surface area (Å²) in [6.45, 7) is -0.0909. The molecule has 35 heavy (non-hydrogen) atoms. The minimum atomic E-state index is -0.428. The van der Waals surface area contributed by atoms with Gasteiger partial charge in [0.2, 0.25) is 6.71 Å². The van der Waals surface area contributed by atoms with E-state index in [2.05, 4.69) is 24.3 Å². The quantitative estimate of drug-likeness (QED) is 0.321. The Kier molecular flexibility index (Phi) is 3.56. The second-order valence-corrected chi connectivity index (χ2v) is 8.91. The third kappa shape index (κ3) is 2.51. The Balaban J connectivity index is 1.45. The van der Waals surface area contributed by atoms with Crippen LogP contribution in [0.2, 0.25) is 0 Å². The number of hydrogen-bond donors (Lipinski definition) is 0. The molecule has 0 fully saturated rings. The van der Waals surface area contributed by atoms with Gasteiger partial charge in [0.05, 0.1) is 11.4 Å². The highest BCUT2D eigenvalue weighted by Gasteiger charge is 2.43. The smallest absolute Gasteiger partial charge is 0.424 e. The molecule has 1 amide bonds. The molecular formula is C29H16BNO4. The standard InChI is InChI=1S/C29H16BNO4/c32-29-31-21-16-26-25(33-22-10-4-5-11-23(22)34-26)15-20(21)30(18-8-2-1-3-9-18)19-14-13-17-7-6-12-24(35-29)27(17)28(19)31/h1-16H. The van der Waals surface area contributed by atoms with E-state index in [9.17, 15) is 4.79 Å². The van der Waals surface area contributed by atoms with Crippen molar-refractivity contribution in [3.8, 4) is 28.7 Å². The Labute approximate surface area is 201 Å². The van der Waals surface area contributed by atoms with Crippen LogP contribution < -0.4 is 35.5 Å². The lowest BCUT2D eigenvalue weighted by Gasteiger charge is -2.39. The zero-order valence-corrected chi connectivity index (χ0v) is 18.4. The first-order valence-electron chi connectivity index (χ1n) is 11.5. The molecule has 0 saturated carbocycles. The second kappa shape index (κ2) is 6.67. The minimum absolute atomic E-state index is 0.0909. The van der Waals surface area contributed by atoms with Crippen LogP contribution >= 0.6 is 0 Å². The maximum absolute atomic E-state index is 13.4. The van der Waals surface area contributed by atoms with Gasteiger partial charge in [-0.25, -0.2) is 9.69 Å². The van der Waals surface area contributed by atoms with Crippen LogP contribution in [0.1, 0.15) is 0 Å². The number of para-hydroxylation sites is 2. The zero-order chi connectivity index (χ0) is 23.1. The van der Waals surface area contributed by atoms with E-state index in [4.69, 9.17) is 14.2 Å². The van der Waals surface area contributed by atoms with E-state index in [1.165, 1.54) is 0 Å². The van der Waals surface area contributed by atoms with E-state index < -0.39 is 6.09 Å². The molecule has 5 nitrogen and oxygen atoms in total. The largest absolute Gasteiger partial charge is 0.450 e. The van der Waals surface area contributed by atoms with Crippen molar-refractivity contribution < 1.29 is 19.0 Å². The number of fused-ring (bicyclic) bond motifs is 4. The molecule has 0 spiro atoms. The molecule has 0 aliphatic carbocycles. The summed E-state index contributed by atoms with van der Waals surface area (Å²) in [5.41, 5.74) is 4.75. The molecule has 8 rings (SSSR count). The molecular weight excluding hydrogens is 437 g/mol.